The molecule has 1 N–H and O–H groups in total. The average molecular weight is 550 g/mol. The van der Waals surface area contributed by atoms with E-state index in [0.29, 0.717) is 32.4 Å². The fourth-order valence-corrected chi connectivity index (χ4v) is 8.06. The van der Waals surface area contributed by atoms with Crippen molar-refractivity contribution in [2.24, 2.45) is 11.8 Å². The van der Waals surface area contributed by atoms with Gasteiger partial charge in [0, 0.05) is 31.4 Å². The first kappa shape index (κ1) is 28.6. The molecule has 3 amide bonds. The summed E-state index contributed by atoms with van der Waals surface area (Å²) in [5.41, 5.74) is -1.20. The predicted octanol–water partition coefficient (Wildman–Crippen LogP) is 3.70. The Morgan fingerprint density at radius 2 is 1.77 bits per heavy atom. The van der Waals surface area contributed by atoms with Crippen LogP contribution in [0.5, 0.6) is 0 Å². The van der Waals surface area contributed by atoms with Crippen molar-refractivity contribution in [1.82, 2.24) is 9.80 Å². The summed E-state index contributed by atoms with van der Waals surface area (Å²) in [6.45, 7) is 10.2. The molecule has 3 heterocycles. The van der Waals surface area contributed by atoms with E-state index in [-0.39, 0.29) is 36.9 Å². The molecule has 1 aromatic rings. The van der Waals surface area contributed by atoms with Crippen molar-refractivity contribution < 1.29 is 24.2 Å². The van der Waals surface area contributed by atoms with Gasteiger partial charge in [-0.1, -0.05) is 56.5 Å². The van der Waals surface area contributed by atoms with Crippen LogP contribution in [0.25, 0.3) is 0 Å². The standard InChI is InChI=1S/C32H43N3O5/c1-4-19-33(23-13-9-7-10-14-23)28(37)25-26-29(38)35(21-22-36)27(32(26)18-17-31(25,6-3)40-32)30(39)34(20-5-2)24-15-11-8-12-16-24/h4-5,7,9-10,13-14,24-27,36H,1-2,6,8,11-12,15-22H2,3H3/t25-,26-,27?,31+,32?/m0/s1. The fourth-order valence-electron chi connectivity index (χ4n) is 8.06. The predicted molar refractivity (Wildman–Crippen MR) is 153 cm³/mol. The molecule has 40 heavy (non-hydrogen) atoms. The third-order valence-corrected chi connectivity index (χ3v) is 9.79. The Hall–Kier alpha value is -2.97. The van der Waals surface area contributed by atoms with Crippen LogP contribution in [-0.2, 0) is 19.1 Å². The lowest BCUT2D eigenvalue weighted by Crippen LogP contribution is -2.58. The maximum atomic E-state index is 14.5. The number of rotatable bonds is 11. The molecular formula is C32H43N3O5. The molecule has 0 radical (unpaired) electrons. The number of β-amino-alcohol motifs (C(OH)–C–C–N with tert-alkyl or cyclic N) is 1. The maximum absolute atomic E-state index is 14.5. The number of hydrogen-bond acceptors (Lipinski definition) is 5. The molecule has 0 aromatic heterocycles. The summed E-state index contributed by atoms with van der Waals surface area (Å²) < 4.78 is 6.92. The van der Waals surface area contributed by atoms with Crippen LogP contribution < -0.4 is 4.90 Å². The van der Waals surface area contributed by atoms with Gasteiger partial charge in [0.15, 0.2) is 0 Å². The van der Waals surface area contributed by atoms with Gasteiger partial charge in [-0.25, -0.2) is 0 Å². The van der Waals surface area contributed by atoms with Gasteiger partial charge in [0.1, 0.15) is 11.6 Å². The first-order valence-corrected chi connectivity index (χ1v) is 14.9. The number of carbonyl (C=O) groups excluding carboxylic acids is 3. The quantitative estimate of drug-likeness (QED) is 0.425. The Kier molecular flexibility index (Phi) is 8.20. The monoisotopic (exact) mass is 549 g/mol. The highest BCUT2D eigenvalue weighted by atomic mass is 16.5. The molecule has 8 nitrogen and oxygen atoms in total. The van der Waals surface area contributed by atoms with E-state index in [1.165, 1.54) is 4.90 Å². The number of amides is 3. The second-order valence-corrected chi connectivity index (χ2v) is 11.7. The minimum absolute atomic E-state index is 0.0263. The lowest BCUT2D eigenvalue weighted by Gasteiger charge is -2.40. The van der Waals surface area contributed by atoms with Crippen molar-refractivity contribution in [3.8, 4) is 0 Å². The summed E-state index contributed by atoms with van der Waals surface area (Å²) in [4.78, 5) is 48.3. The molecular weight excluding hydrogens is 506 g/mol. The molecule has 3 saturated heterocycles. The molecule has 5 atom stereocenters. The molecule has 3 aliphatic heterocycles. The van der Waals surface area contributed by atoms with Crippen molar-refractivity contribution in [2.45, 2.75) is 81.6 Å². The molecule has 2 bridgehead atoms. The second-order valence-electron chi connectivity index (χ2n) is 11.7. The number of nitrogens with zero attached hydrogens (tertiary/aromatic N) is 3. The topological polar surface area (TPSA) is 90.4 Å². The number of benzene rings is 1. The van der Waals surface area contributed by atoms with Crippen LogP contribution in [0.2, 0.25) is 0 Å². The molecule has 2 unspecified atom stereocenters. The Labute approximate surface area is 237 Å². The number of aliphatic hydroxyl groups excluding tert-OH is 1. The number of carbonyl (C=O) groups is 3. The van der Waals surface area contributed by atoms with Gasteiger partial charge in [-0.05, 0) is 44.2 Å². The highest BCUT2D eigenvalue weighted by Crippen LogP contribution is 2.64. The molecule has 216 valence electrons. The van der Waals surface area contributed by atoms with Gasteiger partial charge in [0.25, 0.3) is 0 Å². The van der Waals surface area contributed by atoms with E-state index in [2.05, 4.69) is 13.2 Å². The molecule has 1 saturated carbocycles. The second kappa shape index (κ2) is 11.5. The minimum Gasteiger partial charge on any atom is -0.395 e. The van der Waals surface area contributed by atoms with Crippen LogP contribution in [0.4, 0.5) is 5.69 Å². The summed E-state index contributed by atoms with van der Waals surface area (Å²) >= 11 is 0. The highest BCUT2D eigenvalue weighted by Gasteiger charge is 2.79. The minimum atomic E-state index is -1.11. The van der Waals surface area contributed by atoms with Gasteiger partial charge < -0.3 is 24.5 Å². The van der Waals surface area contributed by atoms with E-state index in [1.807, 2.05) is 42.2 Å². The zero-order chi connectivity index (χ0) is 28.5. The van der Waals surface area contributed by atoms with Gasteiger partial charge >= 0.3 is 0 Å². The number of fused-ring (bicyclic) bond motifs is 1. The Morgan fingerprint density at radius 1 is 1.07 bits per heavy atom. The number of hydrogen-bond donors (Lipinski definition) is 1. The SMILES string of the molecule is C=CCN(C(=O)[C@@H]1[C@H]2C(=O)N(CCO)C(C(=O)N(CC=C)C3CCCCC3)C23CC[C@@]1(CC)O3)c1ccccc1. The van der Waals surface area contributed by atoms with Gasteiger partial charge in [-0.3, -0.25) is 14.4 Å². The first-order valence-electron chi connectivity index (χ1n) is 14.9. The largest absolute Gasteiger partial charge is 0.395 e. The zero-order valence-electron chi connectivity index (χ0n) is 23.7. The maximum Gasteiger partial charge on any atom is 0.248 e. The van der Waals surface area contributed by atoms with Gasteiger partial charge in [0.05, 0.1) is 24.0 Å². The van der Waals surface area contributed by atoms with E-state index in [4.69, 9.17) is 4.74 Å². The highest BCUT2D eigenvalue weighted by molar-refractivity contribution is 6.03. The van der Waals surface area contributed by atoms with Crippen LogP contribution in [0.15, 0.2) is 55.6 Å². The van der Waals surface area contributed by atoms with Crippen LogP contribution in [0.1, 0.15) is 58.3 Å². The smallest absolute Gasteiger partial charge is 0.248 e. The molecule has 4 fully saturated rings. The van der Waals surface area contributed by atoms with E-state index < -0.39 is 29.1 Å². The molecule has 8 heteroatoms. The summed E-state index contributed by atoms with van der Waals surface area (Å²) in [5, 5.41) is 9.98. The third-order valence-electron chi connectivity index (χ3n) is 9.79. The van der Waals surface area contributed by atoms with E-state index in [9.17, 15) is 19.5 Å². The molecule has 1 spiro atoms. The summed E-state index contributed by atoms with van der Waals surface area (Å²) in [6, 6.07) is 8.61. The first-order chi connectivity index (χ1) is 19.4. The Balaban J connectivity index is 1.57. The number of anilines is 1. The Morgan fingerprint density at radius 3 is 2.40 bits per heavy atom. The van der Waals surface area contributed by atoms with Crippen molar-refractivity contribution in [2.75, 3.05) is 31.1 Å². The van der Waals surface area contributed by atoms with Gasteiger partial charge in [-0.15, -0.1) is 13.2 Å². The van der Waals surface area contributed by atoms with Crippen LogP contribution >= 0.6 is 0 Å². The zero-order valence-corrected chi connectivity index (χ0v) is 23.7. The fraction of sp³-hybridized carbons (Fsp3) is 0.594. The Bertz CT molecular complexity index is 1130. The molecule has 1 aliphatic carbocycles. The molecule has 1 aromatic carbocycles. The van der Waals surface area contributed by atoms with E-state index in [1.54, 1.807) is 17.1 Å². The number of likely N-dealkylation sites (tertiary alicyclic amines) is 1. The van der Waals surface area contributed by atoms with Crippen LogP contribution in [0, 0.1) is 11.8 Å². The number of ether oxygens (including phenoxy) is 1. The van der Waals surface area contributed by atoms with Crippen molar-refractivity contribution in [3.05, 3.63) is 55.6 Å². The molecule has 5 rings (SSSR count). The number of para-hydroxylation sites is 1. The van der Waals surface area contributed by atoms with Crippen LogP contribution in [0.3, 0.4) is 0 Å². The van der Waals surface area contributed by atoms with E-state index in [0.717, 1.165) is 37.8 Å². The summed E-state index contributed by atoms with van der Waals surface area (Å²) in [6.07, 6.45) is 10.2. The van der Waals surface area contributed by atoms with E-state index >= 15 is 0 Å². The van der Waals surface area contributed by atoms with Gasteiger partial charge in [-0.2, -0.15) is 0 Å². The lowest BCUT2D eigenvalue weighted by molar-refractivity contribution is -0.154. The normalized spacial score (nSPS) is 31.2. The average Bonchev–Trinajstić information content (AvgIpc) is 3.59. The van der Waals surface area contributed by atoms with Gasteiger partial charge in [0.2, 0.25) is 17.7 Å². The number of aliphatic hydroxyl groups is 1. The van der Waals surface area contributed by atoms with Crippen molar-refractivity contribution in [3.63, 3.8) is 0 Å². The summed E-state index contributed by atoms with van der Waals surface area (Å²) in [7, 11) is 0. The summed E-state index contributed by atoms with van der Waals surface area (Å²) in [5.74, 6) is -2.13. The van der Waals surface area contributed by atoms with Crippen LogP contribution in [-0.4, -0.2) is 82.2 Å². The van der Waals surface area contributed by atoms with Crippen molar-refractivity contribution in [1.29, 1.82) is 0 Å². The van der Waals surface area contributed by atoms with Crippen molar-refractivity contribution >= 4 is 23.4 Å². The molecule has 4 aliphatic rings. The third kappa shape index (κ3) is 4.40. The lowest BCUT2D eigenvalue weighted by atomic mass is 9.64.